The van der Waals surface area contributed by atoms with Crippen LogP contribution in [0.5, 0.6) is 5.75 Å². The molecule has 2 heterocycles. The molecule has 1 aromatic heterocycles. The van der Waals surface area contributed by atoms with Crippen molar-refractivity contribution in [3.63, 3.8) is 0 Å². The van der Waals surface area contributed by atoms with Gasteiger partial charge in [-0.3, -0.25) is 9.48 Å². The molecule has 0 saturated carbocycles. The standard InChI is InChI=1S/C22H24FN5O2/c23-19-5-1-16(2-6-19)18-9-11-27(13-18)22(29)17-3-7-21(8-4-17)30-15-20(24)14-28-12-10-25-26-28/h1-8,10,12,18,20H,9,11,13-15,24H2. The highest BCUT2D eigenvalue weighted by Crippen LogP contribution is 2.28. The molecule has 2 atom stereocenters. The van der Waals surface area contributed by atoms with Crippen LogP contribution >= 0.6 is 0 Å². The summed E-state index contributed by atoms with van der Waals surface area (Å²) >= 11 is 0. The maximum atomic E-state index is 13.1. The normalized spacial score (nSPS) is 17.1. The van der Waals surface area contributed by atoms with Gasteiger partial charge in [-0.05, 0) is 48.4 Å². The molecule has 4 rings (SSSR count). The minimum absolute atomic E-state index is 0.00551. The first kappa shape index (κ1) is 20.0. The van der Waals surface area contributed by atoms with Crippen molar-refractivity contribution in [2.75, 3.05) is 19.7 Å². The molecule has 0 spiro atoms. The number of ether oxygens (including phenoxy) is 1. The Bertz CT molecular complexity index is 960. The number of rotatable bonds is 7. The van der Waals surface area contributed by atoms with Gasteiger partial charge in [0, 0.05) is 30.8 Å². The van der Waals surface area contributed by atoms with Gasteiger partial charge in [-0.2, -0.15) is 0 Å². The molecule has 1 fully saturated rings. The van der Waals surface area contributed by atoms with Gasteiger partial charge in [0.15, 0.2) is 0 Å². The van der Waals surface area contributed by atoms with Crippen LogP contribution in [0.3, 0.4) is 0 Å². The number of likely N-dealkylation sites (tertiary alicyclic amines) is 1. The molecule has 1 amide bonds. The van der Waals surface area contributed by atoms with Crippen LogP contribution < -0.4 is 10.5 Å². The van der Waals surface area contributed by atoms with E-state index in [2.05, 4.69) is 10.3 Å². The van der Waals surface area contributed by atoms with E-state index in [1.165, 1.54) is 12.1 Å². The highest BCUT2D eigenvalue weighted by atomic mass is 19.1. The highest BCUT2D eigenvalue weighted by molar-refractivity contribution is 5.94. The molecular formula is C22H24FN5O2. The number of nitrogens with two attached hydrogens (primary N) is 1. The zero-order valence-corrected chi connectivity index (χ0v) is 16.5. The third kappa shape index (κ3) is 4.83. The van der Waals surface area contributed by atoms with Crippen LogP contribution in [-0.2, 0) is 6.54 Å². The number of hydrogen-bond acceptors (Lipinski definition) is 5. The second-order valence-corrected chi connectivity index (χ2v) is 7.51. The molecule has 2 N–H and O–H groups in total. The Morgan fingerprint density at radius 1 is 1.20 bits per heavy atom. The highest BCUT2D eigenvalue weighted by Gasteiger charge is 2.28. The van der Waals surface area contributed by atoms with Crippen LogP contribution in [0.15, 0.2) is 60.9 Å². The monoisotopic (exact) mass is 409 g/mol. The number of carbonyl (C=O) groups is 1. The fraction of sp³-hybridized carbons (Fsp3) is 0.318. The molecule has 7 nitrogen and oxygen atoms in total. The second-order valence-electron chi connectivity index (χ2n) is 7.51. The average Bonchev–Trinajstić information content (AvgIpc) is 3.45. The van der Waals surface area contributed by atoms with E-state index >= 15 is 0 Å². The van der Waals surface area contributed by atoms with Gasteiger partial charge in [-0.15, -0.1) is 5.10 Å². The van der Waals surface area contributed by atoms with Crippen LogP contribution in [-0.4, -0.2) is 51.5 Å². The number of carbonyl (C=O) groups excluding carboxylic acids is 1. The van der Waals surface area contributed by atoms with E-state index in [4.69, 9.17) is 10.5 Å². The maximum absolute atomic E-state index is 13.1. The smallest absolute Gasteiger partial charge is 0.253 e. The predicted octanol–water partition coefficient (Wildman–Crippen LogP) is 2.45. The SMILES string of the molecule is NC(COc1ccc(C(=O)N2CCC(c3ccc(F)cc3)C2)cc1)Cn1ccnn1. The Morgan fingerprint density at radius 3 is 2.67 bits per heavy atom. The van der Waals surface area contributed by atoms with Crippen molar-refractivity contribution in [1.29, 1.82) is 0 Å². The molecule has 8 heteroatoms. The zero-order chi connectivity index (χ0) is 20.9. The van der Waals surface area contributed by atoms with Gasteiger partial charge in [0.05, 0.1) is 18.8 Å². The summed E-state index contributed by atoms with van der Waals surface area (Å²) < 4.78 is 20.5. The molecule has 1 aliphatic heterocycles. The zero-order valence-electron chi connectivity index (χ0n) is 16.5. The summed E-state index contributed by atoms with van der Waals surface area (Å²) in [5, 5.41) is 7.62. The topological polar surface area (TPSA) is 86.3 Å². The summed E-state index contributed by atoms with van der Waals surface area (Å²) in [7, 11) is 0. The maximum Gasteiger partial charge on any atom is 0.253 e. The van der Waals surface area contributed by atoms with E-state index in [-0.39, 0.29) is 23.7 Å². The van der Waals surface area contributed by atoms with Crippen LogP contribution in [0, 0.1) is 5.82 Å². The molecular weight excluding hydrogens is 385 g/mol. The van der Waals surface area contributed by atoms with Crippen molar-refractivity contribution in [3.05, 3.63) is 77.9 Å². The largest absolute Gasteiger partial charge is 0.492 e. The van der Waals surface area contributed by atoms with Crippen molar-refractivity contribution >= 4 is 5.91 Å². The first-order chi connectivity index (χ1) is 14.6. The molecule has 3 aromatic rings. The van der Waals surface area contributed by atoms with Crippen LogP contribution in [0.4, 0.5) is 4.39 Å². The number of benzene rings is 2. The third-order valence-electron chi connectivity index (χ3n) is 5.28. The molecule has 0 bridgehead atoms. The van der Waals surface area contributed by atoms with Gasteiger partial charge in [-0.25, -0.2) is 4.39 Å². The van der Waals surface area contributed by atoms with Crippen LogP contribution in [0.25, 0.3) is 0 Å². The number of halogens is 1. The quantitative estimate of drug-likeness (QED) is 0.648. The van der Waals surface area contributed by atoms with E-state index in [9.17, 15) is 9.18 Å². The first-order valence-corrected chi connectivity index (χ1v) is 9.96. The summed E-state index contributed by atoms with van der Waals surface area (Å²) in [6.07, 6.45) is 4.23. The van der Waals surface area contributed by atoms with Gasteiger partial charge in [0.2, 0.25) is 0 Å². The number of aromatic nitrogens is 3. The summed E-state index contributed by atoms with van der Waals surface area (Å²) in [5.74, 6) is 0.648. The van der Waals surface area contributed by atoms with E-state index in [1.807, 2.05) is 4.90 Å². The van der Waals surface area contributed by atoms with E-state index in [0.717, 1.165) is 12.0 Å². The summed E-state index contributed by atoms with van der Waals surface area (Å²) in [5.41, 5.74) is 7.73. The van der Waals surface area contributed by atoms with Crippen molar-refractivity contribution in [1.82, 2.24) is 19.9 Å². The van der Waals surface area contributed by atoms with Crippen molar-refractivity contribution in [3.8, 4) is 5.75 Å². The average molecular weight is 409 g/mol. The van der Waals surface area contributed by atoms with Crippen molar-refractivity contribution in [2.45, 2.75) is 24.9 Å². The van der Waals surface area contributed by atoms with Gasteiger partial charge >= 0.3 is 0 Å². The minimum Gasteiger partial charge on any atom is -0.492 e. The summed E-state index contributed by atoms with van der Waals surface area (Å²) in [6, 6.07) is 13.4. The molecule has 1 saturated heterocycles. The first-order valence-electron chi connectivity index (χ1n) is 9.96. The van der Waals surface area contributed by atoms with E-state index in [0.29, 0.717) is 37.6 Å². The Balaban J connectivity index is 1.29. The summed E-state index contributed by atoms with van der Waals surface area (Å²) in [6.45, 7) is 2.18. The lowest BCUT2D eigenvalue weighted by Crippen LogP contribution is -2.32. The van der Waals surface area contributed by atoms with E-state index in [1.54, 1.807) is 53.5 Å². The summed E-state index contributed by atoms with van der Waals surface area (Å²) in [4.78, 5) is 14.7. The fourth-order valence-corrected chi connectivity index (χ4v) is 3.65. The minimum atomic E-state index is -0.244. The second kappa shape index (κ2) is 9.04. The fourth-order valence-electron chi connectivity index (χ4n) is 3.65. The molecule has 30 heavy (non-hydrogen) atoms. The number of amides is 1. The third-order valence-corrected chi connectivity index (χ3v) is 5.28. The van der Waals surface area contributed by atoms with Crippen molar-refractivity contribution < 1.29 is 13.9 Å². The lowest BCUT2D eigenvalue weighted by molar-refractivity contribution is 0.0790. The molecule has 2 unspecified atom stereocenters. The molecule has 1 aliphatic rings. The molecule has 2 aromatic carbocycles. The van der Waals surface area contributed by atoms with Gasteiger partial charge < -0.3 is 15.4 Å². The Hall–Kier alpha value is -3.26. The number of nitrogens with zero attached hydrogens (tertiary/aromatic N) is 4. The predicted molar refractivity (Wildman–Crippen MR) is 110 cm³/mol. The van der Waals surface area contributed by atoms with Crippen molar-refractivity contribution in [2.24, 2.45) is 5.73 Å². The van der Waals surface area contributed by atoms with Gasteiger partial charge in [0.25, 0.3) is 5.91 Å². The van der Waals surface area contributed by atoms with E-state index < -0.39 is 0 Å². The lowest BCUT2D eigenvalue weighted by atomic mass is 9.99. The number of hydrogen-bond donors (Lipinski definition) is 1. The molecule has 156 valence electrons. The van der Waals surface area contributed by atoms with Crippen LogP contribution in [0.1, 0.15) is 28.3 Å². The van der Waals surface area contributed by atoms with Gasteiger partial charge in [0.1, 0.15) is 18.2 Å². The Morgan fingerprint density at radius 2 is 1.97 bits per heavy atom. The molecule has 0 radical (unpaired) electrons. The lowest BCUT2D eigenvalue weighted by Gasteiger charge is -2.17. The molecule has 0 aliphatic carbocycles. The van der Waals surface area contributed by atoms with Gasteiger partial charge in [-0.1, -0.05) is 17.3 Å². The Labute approximate surface area is 174 Å². The van der Waals surface area contributed by atoms with Crippen LogP contribution in [0.2, 0.25) is 0 Å². The Kier molecular flexibility index (Phi) is 6.04.